The number of hydrogen-bond acceptors (Lipinski definition) is 3. The molecule has 1 aromatic heterocycles. The van der Waals surface area contributed by atoms with Gasteiger partial charge in [-0.3, -0.25) is 0 Å². The van der Waals surface area contributed by atoms with Crippen molar-refractivity contribution in [1.82, 2.24) is 4.37 Å². The van der Waals surface area contributed by atoms with Gasteiger partial charge in [0.1, 0.15) is 17.6 Å². The molecule has 24 heavy (non-hydrogen) atoms. The number of nitrogens with zero attached hydrogens (tertiary/aromatic N) is 2. The predicted molar refractivity (Wildman–Crippen MR) is 82.7 cm³/mol. The van der Waals surface area contributed by atoms with Gasteiger partial charge < -0.3 is 0 Å². The average molecular weight is 348 g/mol. The Morgan fingerprint density at radius 1 is 0.917 bits per heavy atom. The van der Waals surface area contributed by atoms with Crippen LogP contribution in [0, 0.1) is 17.1 Å². The Morgan fingerprint density at radius 3 is 2.04 bits per heavy atom. The van der Waals surface area contributed by atoms with Crippen molar-refractivity contribution in [2.24, 2.45) is 0 Å². The van der Waals surface area contributed by atoms with E-state index in [4.69, 9.17) is 0 Å². The number of hydrogen-bond donors (Lipinski definition) is 0. The number of alkyl halides is 3. The van der Waals surface area contributed by atoms with Crippen molar-refractivity contribution in [3.8, 4) is 27.8 Å². The quantitative estimate of drug-likeness (QED) is 0.573. The molecule has 120 valence electrons. The summed E-state index contributed by atoms with van der Waals surface area (Å²) in [5.41, 5.74) is 0.935. The molecule has 0 N–H and O–H groups in total. The molecule has 0 aliphatic heterocycles. The Morgan fingerprint density at radius 2 is 1.50 bits per heavy atom. The zero-order valence-corrected chi connectivity index (χ0v) is 12.7. The lowest BCUT2D eigenvalue weighted by molar-refractivity contribution is -0.137. The Hall–Kier alpha value is -2.72. The number of rotatable bonds is 2. The maximum Gasteiger partial charge on any atom is 0.416 e. The molecule has 0 fully saturated rings. The topological polar surface area (TPSA) is 36.7 Å². The van der Waals surface area contributed by atoms with Crippen LogP contribution in [0.2, 0.25) is 0 Å². The van der Waals surface area contributed by atoms with Crippen LogP contribution in [0.3, 0.4) is 0 Å². The Labute approximate surface area is 138 Å². The molecule has 0 unspecified atom stereocenters. The lowest BCUT2D eigenvalue weighted by Gasteiger charge is -2.06. The summed E-state index contributed by atoms with van der Waals surface area (Å²) in [7, 11) is 0. The Bertz CT molecular complexity index is 904. The summed E-state index contributed by atoms with van der Waals surface area (Å²) in [6.07, 6.45) is -4.41. The molecule has 0 bridgehead atoms. The molecule has 0 amide bonds. The second-order valence-corrected chi connectivity index (χ2v) is 5.70. The molecule has 7 heteroatoms. The molecule has 2 nitrogen and oxygen atoms in total. The third-order valence-corrected chi connectivity index (χ3v) is 4.29. The Balaban J connectivity index is 2.04. The molecule has 0 radical (unpaired) electrons. The monoisotopic (exact) mass is 348 g/mol. The van der Waals surface area contributed by atoms with Gasteiger partial charge in [-0.15, -0.1) is 0 Å². The first-order valence-corrected chi connectivity index (χ1v) is 7.51. The van der Waals surface area contributed by atoms with Crippen LogP contribution in [0.25, 0.3) is 21.7 Å². The maximum atomic E-state index is 13.0. The lowest BCUT2D eigenvalue weighted by atomic mass is 10.0. The van der Waals surface area contributed by atoms with Gasteiger partial charge in [0, 0.05) is 5.56 Å². The standard InChI is InChI=1S/C17H8F4N2S/c18-13-7-3-10(4-8-13)15-14(9-22)16(24-23-15)11-1-5-12(6-2-11)17(19,20)21/h1-8H. The van der Waals surface area contributed by atoms with E-state index in [1.54, 1.807) is 0 Å². The summed E-state index contributed by atoms with van der Waals surface area (Å²) in [4.78, 5) is 0.477. The fraction of sp³-hybridized carbons (Fsp3) is 0.0588. The van der Waals surface area contributed by atoms with Gasteiger partial charge in [0.15, 0.2) is 0 Å². The smallest absolute Gasteiger partial charge is 0.207 e. The molecule has 3 aromatic rings. The minimum absolute atomic E-state index is 0.256. The number of aromatic nitrogens is 1. The third kappa shape index (κ3) is 3.01. The second kappa shape index (κ2) is 6.06. The molecule has 2 aromatic carbocycles. The largest absolute Gasteiger partial charge is 0.416 e. The summed E-state index contributed by atoms with van der Waals surface area (Å²) in [5.74, 6) is -0.407. The van der Waals surface area contributed by atoms with Crippen LogP contribution in [-0.2, 0) is 6.18 Å². The molecule has 0 spiro atoms. The number of nitriles is 1. The van der Waals surface area contributed by atoms with Gasteiger partial charge in [-0.1, -0.05) is 12.1 Å². The van der Waals surface area contributed by atoms with Crippen molar-refractivity contribution in [2.45, 2.75) is 6.18 Å². The average Bonchev–Trinajstić information content (AvgIpc) is 2.98. The molecular formula is C17H8F4N2S. The highest BCUT2D eigenvalue weighted by molar-refractivity contribution is 7.10. The number of benzene rings is 2. The van der Waals surface area contributed by atoms with E-state index < -0.39 is 17.6 Å². The van der Waals surface area contributed by atoms with Crippen molar-refractivity contribution in [2.75, 3.05) is 0 Å². The van der Waals surface area contributed by atoms with Crippen LogP contribution >= 0.6 is 11.5 Å². The zero-order chi connectivity index (χ0) is 17.3. The fourth-order valence-electron chi connectivity index (χ4n) is 2.21. The van der Waals surface area contributed by atoms with Gasteiger partial charge in [-0.2, -0.15) is 22.8 Å². The van der Waals surface area contributed by atoms with Crippen molar-refractivity contribution in [3.63, 3.8) is 0 Å². The minimum atomic E-state index is -4.41. The van der Waals surface area contributed by atoms with Crippen molar-refractivity contribution in [3.05, 3.63) is 65.5 Å². The van der Waals surface area contributed by atoms with Crippen LogP contribution in [0.1, 0.15) is 11.1 Å². The van der Waals surface area contributed by atoms with E-state index in [2.05, 4.69) is 4.37 Å². The molecule has 0 saturated carbocycles. The minimum Gasteiger partial charge on any atom is -0.207 e. The van der Waals surface area contributed by atoms with Crippen LogP contribution in [0.4, 0.5) is 17.6 Å². The van der Waals surface area contributed by atoms with E-state index in [1.165, 1.54) is 36.4 Å². The summed E-state index contributed by atoms with van der Waals surface area (Å²) >= 11 is 1.02. The van der Waals surface area contributed by atoms with Crippen molar-refractivity contribution < 1.29 is 17.6 Å². The first kappa shape index (κ1) is 16.1. The molecule has 0 saturated heterocycles. The molecule has 0 atom stereocenters. The van der Waals surface area contributed by atoms with Crippen LogP contribution in [-0.4, -0.2) is 4.37 Å². The first-order valence-electron chi connectivity index (χ1n) is 6.73. The SMILES string of the molecule is N#Cc1c(-c2ccc(F)cc2)nsc1-c1ccc(C(F)(F)F)cc1. The van der Waals surface area contributed by atoms with Gasteiger partial charge in [0.05, 0.1) is 16.0 Å². The highest BCUT2D eigenvalue weighted by Gasteiger charge is 2.30. The predicted octanol–water partition coefficient (Wildman–Crippen LogP) is 5.51. The van der Waals surface area contributed by atoms with Gasteiger partial charge in [-0.25, -0.2) is 4.39 Å². The van der Waals surface area contributed by atoms with E-state index >= 15 is 0 Å². The van der Waals surface area contributed by atoms with Crippen molar-refractivity contribution in [1.29, 1.82) is 5.26 Å². The molecule has 3 rings (SSSR count). The normalized spacial score (nSPS) is 11.3. The summed E-state index contributed by atoms with van der Waals surface area (Å²) < 4.78 is 55.1. The highest BCUT2D eigenvalue weighted by atomic mass is 32.1. The second-order valence-electron chi connectivity index (χ2n) is 4.93. The summed E-state index contributed by atoms with van der Waals surface area (Å²) in [6, 6.07) is 12.1. The molecule has 1 heterocycles. The number of halogens is 4. The third-order valence-electron chi connectivity index (χ3n) is 3.40. The van der Waals surface area contributed by atoms with Gasteiger partial charge in [0.2, 0.25) is 0 Å². The molecule has 0 aliphatic carbocycles. The Kier molecular flexibility index (Phi) is 4.08. The van der Waals surface area contributed by atoms with Crippen LogP contribution < -0.4 is 0 Å². The van der Waals surface area contributed by atoms with E-state index in [1.807, 2.05) is 6.07 Å². The first-order chi connectivity index (χ1) is 11.4. The van der Waals surface area contributed by atoms with E-state index in [9.17, 15) is 22.8 Å². The zero-order valence-electron chi connectivity index (χ0n) is 11.9. The van der Waals surface area contributed by atoms with Crippen molar-refractivity contribution >= 4 is 11.5 Å². The summed E-state index contributed by atoms with van der Waals surface area (Å²) in [6.45, 7) is 0. The summed E-state index contributed by atoms with van der Waals surface area (Å²) in [5, 5.41) is 9.41. The molecule has 0 aliphatic rings. The van der Waals surface area contributed by atoms with E-state index in [-0.39, 0.29) is 5.56 Å². The molecular weight excluding hydrogens is 340 g/mol. The van der Waals surface area contributed by atoms with Gasteiger partial charge in [0.25, 0.3) is 0 Å². The van der Waals surface area contributed by atoms with Gasteiger partial charge in [-0.05, 0) is 53.5 Å². The van der Waals surface area contributed by atoms with E-state index in [0.29, 0.717) is 21.7 Å². The highest BCUT2D eigenvalue weighted by Crippen LogP contribution is 2.37. The van der Waals surface area contributed by atoms with Crippen LogP contribution in [0.5, 0.6) is 0 Å². The van der Waals surface area contributed by atoms with Crippen LogP contribution in [0.15, 0.2) is 48.5 Å². The fourth-order valence-corrected chi connectivity index (χ4v) is 3.06. The maximum absolute atomic E-state index is 13.0. The lowest BCUT2D eigenvalue weighted by Crippen LogP contribution is -2.03. The van der Waals surface area contributed by atoms with E-state index in [0.717, 1.165) is 23.7 Å². The van der Waals surface area contributed by atoms with Gasteiger partial charge >= 0.3 is 6.18 Å².